The Bertz CT molecular complexity index is 344. The third-order valence-corrected chi connectivity index (χ3v) is 2.48. The molecule has 0 aliphatic carbocycles. The molecule has 4 nitrogen and oxygen atoms in total. The monoisotopic (exact) mass is 272 g/mol. The Labute approximate surface area is 97.1 Å². The standard InChI is InChI=1S/C10H13BrN2O2/c1-2-6-13(7-9(14)15)10-8(11)4-3-5-12-10/h3-5H,2,6-7H2,1H3,(H,14,15). The van der Waals surface area contributed by atoms with Gasteiger partial charge in [0.15, 0.2) is 0 Å². The molecule has 1 aromatic heterocycles. The molecule has 0 amide bonds. The van der Waals surface area contributed by atoms with Crippen molar-refractivity contribution < 1.29 is 9.90 Å². The highest BCUT2D eigenvalue weighted by Crippen LogP contribution is 2.22. The van der Waals surface area contributed by atoms with Crippen molar-refractivity contribution in [3.63, 3.8) is 0 Å². The van der Waals surface area contributed by atoms with Crippen LogP contribution in [0, 0.1) is 0 Å². The number of nitrogens with zero attached hydrogens (tertiary/aromatic N) is 2. The number of rotatable bonds is 5. The van der Waals surface area contributed by atoms with Crippen molar-refractivity contribution in [1.29, 1.82) is 0 Å². The lowest BCUT2D eigenvalue weighted by atomic mass is 10.3. The Morgan fingerprint density at radius 1 is 1.67 bits per heavy atom. The first-order valence-electron chi connectivity index (χ1n) is 4.72. The molecule has 5 heteroatoms. The van der Waals surface area contributed by atoms with Gasteiger partial charge >= 0.3 is 5.97 Å². The summed E-state index contributed by atoms with van der Waals surface area (Å²) in [4.78, 5) is 16.6. The van der Waals surface area contributed by atoms with Crippen LogP contribution in [-0.4, -0.2) is 29.1 Å². The minimum absolute atomic E-state index is 0.0244. The number of carbonyl (C=O) groups is 1. The smallest absolute Gasteiger partial charge is 0.323 e. The van der Waals surface area contributed by atoms with Crippen molar-refractivity contribution in [3.8, 4) is 0 Å². The van der Waals surface area contributed by atoms with Gasteiger partial charge in [0.2, 0.25) is 0 Å². The third-order valence-electron chi connectivity index (χ3n) is 1.86. The summed E-state index contributed by atoms with van der Waals surface area (Å²) in [5.74, 6) is -0.164. The zero-order valence-corrected chi connectivity index (χ0v) is 10.1. The number of pyridine rings is 1. The van der Waals surface area contributed by atoms with E-state index in [1.165, 1.54) is 0 Å². The van der Waals surface area contributed by atoms with E-state index in [1.54, 1.807) is 17.2 Å². The minimum Gasteiger partial charge on any atom is -0.480 e. The highest BCUT2D eigenvalue weighted by Gasteiger charge is 2.13. The largest absolute Gasteiger partial charge is 0.480 e. The molecule has 0 atom stereocenters. The highest BCUT2D eigenvalue weighted by molar-refractivity contribution is 9.10. The van der Waals surface area contributed by atoms with Crippen LogP contribution in [0.3, 0.4) is 0 Å². The molecule has 0 saturated heterocycles. The van der Waals surface area contributed by atoms with E-state index in [0.29, 0.717) is 12.4 Å². The summed E-state index contributed by atoms with van der Waals surface area (Å²) >= 11 is 3.36. The fraction of sp³-hybridized carbons (Fsp3) is 0.400. The lowest BCUT2D eigenvalue weighted by Gasteiger charge is -2.21. The van der Waals surface area contributed by atoms with Gasteiger partial charge in [-0.25, -0.2) is 4.98 Å². The Morgan fingerprint density at radius 2 is 2.40 bits per heavy atom. The second-order valence-corrected chi connectivity index (χ2v) is 3.98. The van der Waals surface area contributed by atoms with E-state index in [1.807, 2.05) is 13.0 Å². The minimum atomic E-state index is -0.846. The summed E-state index contributed by atoms with van der Waals surface area (Å²) < 4.78 is 0.819. The molecule has 1 heterocycles. The fourth-order valence-corrected chi connectivity index (χ4v) is 1.81. The maximum absolute atomic E-state index is 10.7. The van der Waals surface area contributed by atoms with Crippen LogP contribution in [0.4, 0.5) is 5.82 Å². The van der Waals surface area contributed by atoms with Gasteiger partial charge in [0.1, 0.15) is 12.4 Å². The van der Waals surface area contributed by atoms with Gasteiger partial charge in [-0.15, -0.1) is 0 Å². The van der Waals surface area contributed by atoms with Gasteiger partial charge in [0, 0.05) is 12.7 Å². The average Bonchev–Trinajstić information content (AvgIpc) is 2.17. The second kappa shape index (κ2) is 5.70. The van der Waals surface area contributed by atoms with Crippen LogP contribution in [-0.2, 0) is 4.79 Å². The van der Waals surface area contributed by atoms with Gasteiger partial charge < -0.3 is 10.0 Å². The third kappa shape index (κ3) is 3.51. The number of aliphatic carboxylic acids is 1. The molecule has 1 N–H and O–H groups in total. The van der Waals surface area contributed by atoms with E-state index in [2.05, 4.69) is 20.9 Å². The number of hydrogen-bond acceptors (Lipinski definition) is 3. The highest BCUT2D eigenvalue weighted by atomic mass is 79.9. The Balaban J connectivity index is 2.88. The molecule has 82 valence electrons. The van der Waals surface area contributed by atoms with Crippen molar-refractivity contribution in [3.05, 3.63) is 22.8 Å². The zero-order valence-electron chi connectivity index (χ0n) is 8.48. The molecule has 0 radical (unpaired) electrons. The van der Waals surface area contributed by atoms with Crippen LogP contribution in [0.15, 0.2) is 22.8 Å². The van der Waals surface area contributed by atoms with Crippen molar-refractivity contribution in [2.45, 2.75) is 13.3 Å². The first kappa shape index (κ1) is 12.0. The molecule has 0 aromatic carbocycles. The topological polar surface area (TPSA) is 53.4 Å². The van der Waals surface area contributed by atoms with Crippen LogP contribution in [0.2, 0.25) is 0 Å². The van der Waals surface area contributed by atoms with E-state index >= 15 is 0 Å². The van der Waals surface area contributed by atoms with Crippen molar-refractivity contribution >= 4 is 27.7 Å². The van der Waals surface area contributed by atoms with Crippen molar-refractivity contribution in [2.75, 3.05) is 18.0 Å². The molecular formula is C10H13BrN2O2. The van der Waals surface area contributed by atoms with Crippen LogP contribution in [0.5, 0.6) is 0 Å². The summed E-state index contributed by atoms with van der Waals surface area (Å²) in [6.07, 6.45) is 2.54. The lowest BCUT2D eigenvalue weighted by molar-refractivity contribution is -0.135. The van der Waals surface area contributed by atoms with E-state index in [9.17, 15) is 4.79 Å². The predicted octanol–water partition coefficient (Wildman–Crippen LogP) is 2.15. The number of halogens is 1. The second-order valence-electron chi connectivity index (χ2n) is 3.12. The van der Waals surface area contributed by atoms with Gasteiger partial charge in [0.25, 0.3) is 0 Å². The van der Waals surface area contributed by atoms with Crippen LogP contribution < -0.4 is 4.90 Å². The number of hydrogen-bond donors (Lipinski definition) is 1. The lowest BCUT2D eigenvalue weighted by Crippen LogP contribution is -2.31. The van der Waals surface area contributed by atoms with Gasteiger partial charge in [-0.05, 0) is 34.5 Å². The van der Waals surface area contributed by atoms with E-state index < -0.39 is 5.97 Å². The average molecular weight is 273 g/mol. The molecule has 1 aromatic rings. The molecule has 0 spiro atoms. The van der Waals surface area contributed by atoms with Crippen LogP contribution >= 0.6 is 15.9 Å². The molecule has 0 unspecified atom stereocenters. The number of carboxylic acid groups (broad SMARTS) is 1. The summed E-state index contributed by atoms with van der Waals surface area (Å²) in [6, 6.07) is 3.66. The quantitative estimate of drug-likeness (QED) is 0.893. The molecular weight excluding hydrogens is 260 g/mol. The van der Waals surface area contributed by atoms with Crippen molar-refractivity contribution in [1.82, 2.24) is 4.98 Å². The predicted molar refractivity (Wildman–Crippen MR) is 62.1 cm³/mol. The Hall–Kier alpha value is -1.10. The van der Waals surface area contributed by atoms with Crippen LogP contribution in [0.25, 0.3) is 0 Å². The maximum Gasteiger partial charge on any atom is 0.323 e. The van der Waals surface area contributed by atoms with Crippen LogP contribution in [0.1, 0.15) is 13.3 Å². The molecule has 15 heavy (non-hydrogen) atoms. The Morgan fingerprint density at radius 3 is 2.93 bits per heavy atom. The summed E-state index contributed by atoms with van der Waals surface area (Å²) in [5, 5.41) is 8.78. The summed E-state index contributed by atoms with van der Waals surface area (Å²) in [7, 11) is 0. The van der Waals surface area contributed by atoms with Gasteiger partial charge in [-0.3, -0.25) is 4.79 Å². The zero-order chi connectivity index (χ0) is 11.3. The van der Waals surface area contributed by atoms with Gasteiger partial charge in [0.05, 0.1) is 4.47 Å². The molecule has 0 aliphatic rings. The van der Waals surface area contributed by atoms with Gasteiger partial charge in [-0.2, -0.15) is 0 Å². The number of carboxylic acids is 1. The molecule has 0 bridgehead atoms. The Kier molecular flexibility index (Phi) is 4.55. The molecule has 0 saturated carbocycles. The molecule has 1 rings (SSSR count). The first-order valence-corrected chi connectivity index (χ1v) is 5.51. The van der Waals surface area contributed by atoms with E-state index in [-0.39, 0.29) is 6.54 Å². The first-order chi connectivity index (χ1) is 7.15. The van der Waals surface area contributed by atoms with Crippen molar-refractivity contribution in [2.24, 2.45) is 0 Å². The molecule has 0 aliphatic heterocycles. The molecule has 0 fully saturated rings. The maximum atomic E-state index is 10.7. The van der Waals surface area contributed by atoms with E-state index in [0.717, 1.165) is 10.9 Å². The fourth-order valence-electron chi connectivity index (χ4n) is 1.30. The number of anilines is 1. The SMILES string of the molecule is CCCN(CC(=O)O)c1ncccc1Br. The summed E-state index contributed by atoms with van der Waals surface area (Å²) in [5.41, 5.74) is 0. The van der Waals surface area contributed by atoms with E-state index in [4.69, 9.17) is 5.11 Å². The normalized spacial score (nSPS) is 10.0. The van der Waals surface area contributed by atoms with Gasteiger partial charge in [-0.1, -0.05) is 6.92 Å². The summed E-state index contributed by atoms with van der Waals surface area (Å²) in [6.45, 7) is 2.66. The number of aromatic nitrogens is 1.